The highest BCUT2D eigenvalue weighted by Gasteiger charge is 2.27. The zero-order chi connectivity index (χ0) is 18.7. The fourth-order valence-corrected chi connectivity index (χ4v) is 4.23. The molecular formula is C21H19NO4S. The van der Waals surface area contributed by atoms with Crippen molar-refractivity contribution in [2.45, 2.75) is 11.0 Å². The minimum atomic E-state index is -3.76. The van der Waals surface area contributed by atoms with Crippen molar-refractivity contribution in [1.29, 1.82) is 0 Å². The maximum absolute atomic E-state index is 13.3. The lowest BCUT2D eigenvalue weighted by Crippen LogP contribution is -2.26. The van der Waals surface area contributed by atoms with Crippen LogP contribution in [0.1, 0.15) is 0 Å². The van der Waals surface area contributed by atoms with Crippen molar-refractivity contribution in [2.24, 2.45) is 0 Å². The number of epoxide rings is 1. The summed E-state index contributed by atoms with van der Waals surface area (Å²) in [5.74, 6) is 0.680. The van der Waals surface area contributed by atoms with Crippen LogP contribution in [0.25, 0.3) is 0 Å². The zero-order valence-corrected chi connectivity index (χ0v) is 15.4. The van der Waals surface area contributed by atoms with Crippen LogP contribution in [-0.4, -0.2) is 27.7 Å². The van der Waals surface area contributed by atoms with Crippen LogP contribution in [0.4, 0.5) is 11.4 Å². The molecule has 5 nitrogen and oxygen atoms in total. The predicted molar refractivity (Wildman–Crippen MR) is 104 cm³/mol. The molecule has 3 aromatic carbocycles. The van der Waals surface area contributed by atoms with Crippen LogP contribution in [0.3, 0.4) is 0 Å². The van der Waals surface area contributed by atoms with Crippen LogP contribution < -0.4 is 9.04 Å². The molecule has 1 fully saturated rings. The molecular weight excluding hydrogens is 362 g/mol. The molecule has 1 aliphatic heterocycles. The molecule has 0 aliphatic carbocycles. The molecule has 4 rings (SSSR count). The van der Waals surface area contributed by atoms with Crippen molar-refractivity contribution in [2.75, 3.05) is 17.5 Å². The highest BCUT2D eigenvalue weighted by molar-refractivity contribution is 7.93. The zero-order valence-electron chi connectivity index (χ0n) is 14.6. The number of anilines is 2. The SMILES string of the molecule is O=S(=O)(c1ccccc1)N(c1ccccc1)c1ccc(OCC2CO2)cc1. The quantitative estimate of drug-likeness (QED) is 0.581. The molecule has 1 saturated heterocycles. The molecule has 0 radical (unpaired) electrons. The van der Waals surface area contributed by atoms with E-state index in [1.165, 1.54) is 4.31 Å². The van der Waals surface area contributed by atoms with E-state index in [0.29, 0.717) is 23.7 Å². The summed E-state index contributed by atoms with van der Waals surface area (Å²) in [4.78, 5) is 0.236. The highest BCUT2D eigenvalue weighted by Crippen LogP contribution is 2.33. The number of ether oxygens (including phenoxy) is 2. The lowest BCUT2D eigenvalue weighted by atomic mass is 10.2. The van der Waals surface area contributed by atoms with Gasteiger partial charge < -0.3 is 9.47 Å². The number of para-hydroxylation sites is 1. The van der Waals surface area contributed by atoms with Gasteiger partial charge in [-0.25, -0.2) is 12.7 Å². The normalized spacial score (nSPS) is 15.9. The Hall–Kier alpha value is -2.83. The Bertz CT molecular complexity index is 985. The summed E-state index contributed by atoms with van der Waals surface area (Å²) in [6.07, 6.45) is 0.170. The lowest BCUT2D eigenvalue weighted by Gasteiger charge is -2.25. The summed E-state index contributed by atoms with van der Waals surface area (Å²) in [5.41, 5.74) is 1.11. The van der Waals surface area contributed by atoms with E-state index in [2.05, 4.69) is 0 Å². The molecule has 0 spiro atoms. The smallest absolute Gasteiger partial charge is 0.268 e. The molecule has 1 aliphatic rings. The Balaban J connectivity index is 1.70. The van der Waals surface area contributed by atoms with Gasteiger partial charge >= 0.3 is 0 Å². The van der Waals surface area contributed by atoms with Crippen molar-refractivity contribution < 1.29 is 17.9 Å². The molecule has 0 aromatic heterocycles. The molecule has 0 bridgehead atoms. The van der Waals surface area contributed by atoms with Crippen molar-refractivity contribution in [3.8, 4) is 5.75 Å². The number of sulfonamides is 1. The summed E-state index contributed by atoms with van der Waals surface area (Å²) in [6, 6.07) is 24.5. The topological polar surface area (TPSA) is 59.1 Å². The standard InChI is InChI=1S/C21H19NO4S/c23-27(24,21-9-5-2-6-10-21)22(17-7-3-1-4-8-17)18-11-13-19(14-12-18)25-15-20-16-26-20/h1-14,20H,15-16H2. The average molecular weight is 381 g/mol. The summed E-state index contributed by atoms with van der Waals surface area (Å²) < 4.78 is 38.8. The van der Waals surface area contributed by atoms with Crippen LogP contribution in [0, 0.1) is 0 Å². The summed E-state index contributed by atoms with van der Waals surface area (Å²) >= 11 is 0. The highest BCUT2D eigenvalue weighted by atomic mass is 32.2. The van der Waals surface area contributed by atoms with Gasteiger partial charge in [-0.15, -0.1) is 0 Å². The first kappa shape index (κ1) is 17.6. The second kappa shape index (κ2) is 7.42. The van der Waals surface area contributed by atoms with Gasteiger partial charge in [0, 0.05) is 0 Å². The van der Waals surface area contributed by atoms with E-state index in [-0.39, 0.29) is 11.0 Å². The second-order valence-corrected chi connectivity index (χ2v) is 7.96. The van der Waals surface area contributed by atoms with Gasteiger partial charge in [0.2, 0.25) is 0 Å². The Labute approximate surface area is 158 Å². The molecule has 1 heterocycles. The van der Waals surface area contributed by atoms with Gasteiger partial charge in [0.15, 0.2) is 0 Å². The molecule has 0 amide bonds. The van der Waals surface area contributed by atoms with Crippen LogP contribution >= 0.6 is 0 Å². The van der Waals surface area contributed by atoms with E-state index in [1.54, 1.807) is 66.7 Å². The van der Waals surface area contributed by atoms with Gasteiger partial charge in [0.1, 0.15) is 18.5 Å². The minimum Gasteiger partial charge on any atom is -0.491 e. The minimum absolute atomic E-state index is 0.170. The monoisotopic (exact) mass is 381 g/mol. The largest absolute Gasteiger partial charge is 0.491 e. The van der Waals surface area contributed by atoms with E-state index in [0.717, 1.165) is 6.61 Å². The second-order valence-electron chi connectivity index (χ2n) is 6.18. The van der Waals surface area contributed by atoms with Crippen LogP contribution in [0.15, 0.2) is 89.8 Å². The summed E-state index contributed by atoms with van der Waals surface area (Å²) in [5, 5.41) is 0. The summed E-state index contributed by atoms with van der Waals surface area (Å²) in [6.45, 7) is 1.24. The van der Waals surface area contributed by atoms with Gasteiger partial charge in [-0.1, -0.05) is 36.4 Å². The van der Waals surface area contributed by atoms with E-state index in [9.17, 15) is 8.42 Å². The van der Waals surface area contributed by atoms with Crippen molar-refractivity contribution in [3.05, 3.63) is 84.9 Å². The average Bonchev–Trinajstić information content (AvgIpc) is 3.53. The fourth-order valence-electron chi connectivity index (χ4n) is 2.72. The van der Waals surface area contributed by atoms with Crippen LogP contribution in [-0.2, 0) is 14.8 Å². The first-order valence-electron chi connectivity index (χ1n) is 8.64. The Morgan fingerprint density at radius 1 is 0.852 bits per heavy atom. The number of benzene rings is 3. The Morgan fingerprint density at radius 3 is 2.00 bits per heavy atom. The van der Waals surface area contributed by atoms with E-state index in [1.807, 2.05) is 18.2 Å². The van der Waals surface area contributed by atoms with Gasteiger partial charge in [-0.05, 0) is 48.5 Å². The maximum atomic E-state index is 13.3. The third kappa shape index (κ3) is 3.97. The molecule has 27 heavy (non-hydrogen) atoms. The molecule has 1 unspecified atom stereocenters. The van der Waals surface area contributed by atoms with E-state index >= 15 is 0 Å². The van der Waals surface area contributed by atoms with Crippen molar-refractivity contribution in [3.63, 3.8) is 0 Å². The van der Waals surface area contributed by atoms with Crippen LogP contribution in [0.2, 0.25) is 0 Å². The summed E-state index contributed by atoms with van der Waals surface area (Å²) in [7, 11) is -3.76. The van der Waals surface area contributed by atoms with Crippen molar-refractivity contribution in [1.82, 2.24) is 0 Å². The Kier molecular flexibility index (Phi) is 4.83. The predicted octanol–water partition coefficient (Wildman–Crippen LogP) is 3.99. The van der Waals surface area contributed by atoms with Gasteiger partial charge in [-0.2, -0.15) is 0 Å². The Morgan fingerprint density at radius 2 is 1.41 bits per heavy atom. The van der Waals surface area contributed by atoms with Gasteiger partial charge in [0.25, 0.3) is 10.0 Å². The first-order valence-corrected chi connectivity index (χ1v) is 10.1. The van der Waals surface area contributed by atoms with E-state index in [4.69, 9.17) is 9.47 Å². The molecule has 6 heteroatoms. The first-order chi connectivity index (χ1) is 13.1. The number of rotatable bonds is 7. The van der Waals surface area contributed by atoms with Gasteiger partial charge in [0.05, 0.1) is 22.9 Å². The van der Waals surface area contributed by atoms with E-state index < -0.39 is 10.0 Å². The third-order valence-corrected chi connectivity index (χ3v) is 5.95. The van der Waals surface area contributed by atoms with Crippen molar-refractivity contribution >= 4 is 21.4 Å². The molecule has 3 aromatic rings. The fraction of sp³-hybridized carbons (Fsp3) is 0.143. The number of hydrogen-bond donors (Lipinski definition) is 0. The van der Waals surface area contributed by atoms with Crippen LogP contribution in [0.5, 0.6) is 5.75 Å². The van der Waals surface area contributed by atoms with Gasteiger partial charge in [-0.3, -0.25) is 0 Å². The molecule has 138 valence electrons. The third-order valence-electron chi connectivity index (χ3n) is 4.18. The maximum Gasteiger partial charge on any atom is 0.268 e. The number of nitrogens with zero attached hydrogens (tertiary/aromatic N) is 1. The molecule has 0 N–H and O–H groups in total. The molecule has 1 atom stereocenters. The lowest BCUT2D eigenvalue weighted by molar-refractivity contribution is 0.263. The number of hydrogen-bond acceptors (Lipinski definition) is 4. The molecule has 0 saturated carbocycles.